The van der Waals surface area contributed by atoms with Gasteiger partial charge in [-0.1, -0.05) is 31.9 Å². The Balaban J connectivity index is 2.10. The number of halogens is 4. The molecule has 0 aromatic heterocycles. The number of hydrogen-bond acceptors (Lipinski definition) is 2. The molecule has 0 saturated heterocycles. The molecule has 3 unspecified atom stereocenters. The maximum Gasteiger partial charge on any atom is 0.200 e. The molecule has 1 aliphatic carbocycles. The van der Waals surface area contributed by atoms with Gasteiger partial charge in [0.05, 0.1) is 0 Å². The van der Waals surface area contributed by atoms with Crippen molar-refractivity contribution in [3.05, 3.63) is 28.2 Å². The Morgan fingerprint density at radius 3 is 2.72 bits per heavy atom. The molecule has 6 heteroatoms. The summed E-state index contributed by atoms with van der Waals surface area (Å²) in [4.78, 5) is 0.197. The summed E-state index contributed by atoms with van der Waals surface area (Å²) in [7, 11) is 0. The average molecular weight is 386 g/mol. The number of benzene rings is 1. The predicted octanol–water partition coefficient (Wildman–Crippen LogP) is 4.05. The first-order valence-corrected chi connectivity index (χ1v) is 7.30. The molecule has 1 aromatic carbocycles. The lowest BCUT2D eigenvalue weighted by Gasteiger charge is -2.40. The summed E-state index contributed by atoms with van der Waals surface area (Å²) in [6.45, 7) is 2.44. The Hall–Kier alpha value is -0.200. The smallest absolute Gasteiger partial charge is 0.200 e. The number of ether oxygens (including phenoxy) is 2. The van der Waals surface area contributed by atoms with E-state index >= 15 is 0 Å². The summed E-state index contributed by atoms with van der Waals surface area (Å²) in [6, 6.07) is 2.49. The van der Waals surface area contributed by atoms with Gasteiger partial charge < -0.3 is 9.47 Å². The van der Waals surface area contributed by atoms with Crippen molar-refractivity contribution >= 4 is 31.9 Å². The lowest BCUT2D eigenvalue weighted by molar-refractivity contribution is -0.0736. The highest BCUT2D eigenvalue weighted by Crippen LogP contribution is 2.36. The van der Waals surface area contributed by atoms with Crippen LogP contribution in [-0.2, 0) is 4.74 Å². The second-order valence-corrected chi connectivity index (χ2v) is 6.12. The molecule has 3 atom stereocenters. The molecule has 0 amide bonds. The van der Waals surface area contributed by atoms with Crippen LogP contribution in [0.1, 0.15) is 13.3 Å². The Kier molecular flexibility index (Phi) is 4.61. The Bertz CT molecular complexity index is 442. The third-order valence-corrected chi connectivity index (χ3v) is 4.13. The van der Waals surface area contributed by atoms with Crippen molar-refractivity contribution in [2.45, 2.75) is 30.4 Å². The predicted molar refractivity (Wildman–Crippen MR) is 71.2 cm³/mol. The van der Waals surface area contributed by atoms with Crippen LogP contribution in [0.4, 0.5) is 8.78 Å². The summed E-state index contributed by atoms with van der Waals surface area (Å²) < 4.78 is 38.1. The van der Waals surface area contributed by atoms with E-state index in [-0.39, 0.29) is 22.8 Å². The van der Waals surface area contributed by atoms with Crippen LogP contribution in [0, 0.1) is 11.6 Å². The minimum absolute atomic E-state index is 0.0871. The van der Waals surface area contributed by atoms with Crippen LogP contribution in [-0.4, -0.2) is 23.6 Å². The largest absolute Gasteiger partial charge is 0.484 e. The monoisotopic (exact) mass is 384 g/mol. The molecule has 100 valence electrons. The maximum atomic E-state index is 13.5. The summed E-state index contributed by atoms with van der Waals surface area (Å²) in [5.41, 5.74) is 0. The van der Waals surface area contributed by atoms with Gasteiger partial charge in [-0.2, -0.15) is 4.39 Å². The summed E-state index contributed by atoms with van der Waals surface area (Å²) >= 11 is 6.55. The normalized spacial score (nSPS) is 26.8. The highest BCUT2D eigenvalue weighted by Gasteiger charge is 2.42. The van der Waals surface area contributed by atoms with E-state index in [1.165, 1.54) is 6.07 Å². The van der Waals surface area contributed by atoms with E-state index in [4.69, 9.17) is 9.47 Å². The Morgan fingerprint density at radius 2 is 2.11 bits per heavy atom. The van der Waals surface area contributed by atoms with Gasteiger partial charge in [0.1, 0.15) is 12.2 Å². The first-order valence-electron chi connectivity index (χ1n) is 5.59. The van der Waals surface area contributed by atoms with Crippen molar-refractivity contribution in [3.63, 3.8) is 0 Å². The number of hydrogen-bond donors (Lipinski definition) is 0. The van der Waals surface area contributed by atoms with Crippen LogP contribution in [0.15, 0.2) is 16.6 Å². The van der Waals surface area contributed by atoms with E-state index < -0.39 is 11.6 Å². The SMILES string of the molecule is CCOC1C(Br)CC1Oc1cc(Br)cc(F)c1F. The van der Waals surface area contributed by atoms with Crippen molar-refractivity contribution in [1.82, 2.24) is 0 Å². The Morgan fingerprint density at radius 1 is 1.39 bits per heavy atom. The van der Waals surface area contributed by atoms with Gasteiger partial charge in [-0.3, -0.25) is 0 Å². The van der Waals surface area contributed by atoms with Crippen LogP contribution in [0.2, 0.25) is 0 Å². The Labute approximate surface area is 121 Å². The van der Waals surface area contributed by atoms with Gasteiger partial charge >= 0.3 is 0 Å². The van der Waals surface area contributed by atoms with Crippen LogP contribution in [0.5, 0.6) is 5.75 Å². The fourth-order valence-corrected chi connectivity index (χ4v) is 3.10. The molecule has 1 aliphatic rings. The molecular formula is C12H12Br2F2O2. The highest BCUT2D eigenvalue weighted by molar-refractivity contribution is 9.10. The standard InChI is InChI=1S/C12H12Br2F2O2/c1-2-17-12-7(14)5-10(12)18-9-4-6(13)3-8(15)11(9)16/h3-4,7,10,12H,2,5H2,1H3. The van der Waals surface area contributed by atoms with E-state index in [0.29, 0.717) is 17.5 Å². The number of rotatable bonds is 4. The molecule has 0 radical (unpaired) electrons. The van der Waals surface area contributed by atoms with Gasteiger partial charge in [0.2, 0.25) is 5.82 Å². The zero-order chi connectivity index (χ0) is 13.3. The maximum absolute atomic E-state index is 13.5. The molecule has 0 N–H and O–H groups in total. The summed E-state index contributed by atoms with van der Waals surface area (Å²) in [6.07, 6.45) is 0.326. The molecule has 0 aliphatic heterocycles. The summed E-state index contributed by atoms with van der Waals surface area (Å²) in [5, 5.41) is 0. The van der Waals surface area contributed by atoms with E-state index in [1.807, 2.05) is 6.92 Å². The van der Waals surface area contributed by atoms with Crippen molar-refractivity contribution in [2.75, 3.05) is 6.61 Å². The van der Waals surface area contributed by atoms with E-state index in [1.54, 1.807) is 0 Å². The molecule has 0 heterocycles. The third-order valence-electron chi connectivity index (χ3n) is 2.78. The van der Waals surface area contributed by atoms with Gasteiger partial charge in [0, 0.05) is 22.3 Å². The molecule has 1 aromatic rings. The van der Waals surface area contributed by atoms with Crippen molar-refractivity contribution in [3.8, 4) is 5.75 Å². The minimum Gasteiger partial charge on any atom is -0.484 e. The lowest BCUT2D eigenvalue weighted by Crippen LogP contribution is -2.52. The van der Waals surface area contributed by atoms with E-state index in [0.717, 1.165) is 6.07 Å². The second kappa shape index (κ2) is 5.84. The fraction of sp³-hybridized carbons (Fsp3) is 0.500. The molecule has 2 nitrogen and oxygen atoms in total. The quantitative estimate of drug-likeness (QED) is 0.575. The number of alkyl halides is 1. The van der Waals surface area contributed by atoms with Crippen LogP contribution in [0.25, 0.3) is 0 Å². The van der Waals surface area contributed by atoms with Crippen LogP contribution >= 0.6 is 31.9 Å². The molecule has 1 fully saturated rings. The first kappa shape index (κ1) is 14.2. The van der Waals surface area contributed by atoms with Gasteiger partial charge in [-0.25, -0.2) is 4.39 Å². The zero-order valence-electron chi connectivity index (χ0n) is 9.63. The molecular weight excluding hydrogens is 374 g/mol. The van der Waals surface area contributed by atoms with Crippen molar-refractivity contribution in [2.24, 2.45) is 0 Å². The highest BCUT2D eigenvalue weighted by atomic mass is 79.9. The first-order chi connectivity index (χ1) is 8.52. The van der Waals surface area contributed by atoms with Crippen LogP contribution < -0.4 is 4.74 Å². The van der Waals surface area contributed by atoms with Crippen molar-refractivity contribution < 1.29 is 18.3 Å². The second-order valence-electron chi connectivity index (χ2n) is 4.03. The minimum atomic E-state index is -0.966. The topological polar surface area (TPSA) is 18.5 Å². The van der Waals surface area contributed by atoms with E-state index in [9.17, 15) is 8.78 Å². The van der Waals surface area contributed by atoms with Gasteiger partial charge in [-0.05, 0) is 19.1 Å². The zero-order valence-corrected chi connectivity index (χ0v) is 12.8. The van der Waals surface area contributed by atoms with E-state index in [2.05, 4.69) is 31.9 Å². The van der Waals surface area contributed by atoms with Gasteiger partial charge in [-0.15, -0.1) is 0 Å². The summed E-state index contributed by atoms with van der Waals surface area (Å²) in [5.74, 6) is -1.98. The molecule has 0 bridgehead atoms. The molecule has 2 rings (SSSR count). The van der Waals surface area contributed by atoms with Gasteiger partial charge in [0.15, 0.2) is 11.6 Å². The lowest BCUT2D eigenvalue weighted by atomic mass is 9.91. The third kappa shape index (κ3) is 2.86. The van der Waals surface area contributed by atoms with Crippen LogP contribution in [0.3, 0.4) is 0 Å². The molecule has 18 heavy (non-hydrogen) atoms. The fourth-order valence-electron chi connectivity index (χ4n) is 1.83. The van der Waals surface area contributed by atoms with Gasteiger partial charge in [0.25, 0.3) is 0 Å². The van der Waals surface area contributed by atoms with Crippen molar-refractivity contribution in [1.29, 1.82) is 0 Å². The molecule has 1 saturated carbocycles. The molecule has 0 spiro atoms. The average Bonchev–Trinajstić information content (AvgIpc) is 2.31.